The van der Waals surface area contributed by atoms with Crippen molar-refractivity contribution in [2.24, 2.45) is 11.7 Å². The van der Waals surface area contributed by atoms with Gasteiger partial charge in [0.25, 0.3) is 0 Å². The zero-order chi connectivity index (χ0) is 10.8. The van der Waals surface area contributed by atoms with Gasteiger partial charge in [0.2, 0.25) is 0 Å². The number of rotatable bonds is 3. The summed E-state index contributed by atoms with van der Waals surface area (Å²) in [6.45, 7) is 2.70. The van der Waals surface area contributed by atoms with Crippen molar-refractivity contribution in [3.05, 3.63) is 18.0 Å². The van der Waals surface area contributed by atoms with E-state index in [0.29, 0.717) is 13.1 Å². The Labute approximate surface area is 79.7 Å². The highest BCUT2D eigenvalue weighted by Crippen LogP contribution is 2.28. The third-order valence-electron chi connectivity index (χ3n) is 1.86. The Morgan fingerprint density at radius 2 is 2.21 bits per heavy atom. The van der Waals surface area contributed by atoms with Crippen molar-refractivity contribution in [2.45, 2.75) is 19.6 Å². The van der Waals surface area contributed by atoms with Crippen LogP contribution in [0.15, 0.2) is 12.4 Å². The maximum atomic E-state index is 12.1. The molecule has 0 aliphatic rings. The Hall–Kier alpha value is -1.04. The summed E-state index contributed by atoms with van der Waals surface area (Å²) >= 11 is 0. The average molecular weight is 207 g/mol. The molecule has 0 bridgehead atoms. The number of hydrogen-bond acceptors (Lipinski definition) is 2. The molecule has 2 N–H and O–H groups in total. The van der Waals surface area contributed by atoms with Gasteiger partial charge in [-0.1, -0.05) is 6.92 Å². The summed E-state index contributed by atoms with van der Waals surface area (Å²) in [5.74, 6) is 0.121. The molecule has 1 aromatic heterocycles. The van der Waals surface area contributed by atoms with Gasteiger partial charge in [0, 0.05) is 12.7 Å². The third-order valence-corrected chi connectivity index (χ3v) is 1.86. The lowest BCUT2D eigenvalue weighted by Gasteiger charge is -2.07. The molecule has 1 unspecified atom stereocenters. The minimum Gasteiger partial charge on any atom is -0.330 e. The second-order valence-electron chi connectivity index (χ2n) is 3.29. The van der Waals surface area contributed by atoms with Gasteiger partial charge in [0.1, 0.15) is 0 Å². The van der Waals surface area contributed by atoms with E-state index in [1.807, 2.05) is 6.92 Å². The van der Waals surface area contributed by atoms with Gasteiger partial charge in [-0.05, 0) is 12.5 Å². The Kier molecular flexibility index (Phi) is 3.15. The molecule has 1 atom stereocenters. The first kappa shape index (κ1) is 11.0. The first-order valence-corrected chi connectivity index (χ1v) is 4.23. The highest BCUT2D eigenvalue weighted by atomic mass is 19.4. The summed E-state index contributed by atoms with van der Waals surface area (Å²) in [5, 5.41) is 3.61. The second kappa shape index (κ2) is 4.00. The molecule has 0 fully saturated rings. The van der Waals surface area contributed by atoms with Crippen LogP contribution in [0.2, 0.25) is 0 Å². The maximum Gasteiger partial charge on any atom is 0.419 e. The largest absolute Gasteiger partial charge is 0.419 e. The van der Waals surface area contributed by atoms with Gasteiger partial charge in [-0.2, -0.15) is 18.3 Å². The first-order valence-electron chi connectivity index (χ1n) is 4.23. The molecule has 0 saturated carbocycles. The van der Waals surface area contributed by atoms with Crippen molar-refractivity contribution >= 4 is 0 Å². The molecule has 1 rings (SSSR count). The van der Waals surface area contributed by atoms with Crippen LogP contribution >= 0.6 is 0 Å². The summed E-state index contributed by atoms with van der Waals surface area (Å²) < 4.78 is 37.7. The van der Waals surface area contributed by atoms with Crippen LogP contribution in [0.1, 0.15) is 12.5 Å². The van der Waals surface area contributed by atoms with Crippen LogP contribution in [-0.4, -0.2) is 16.3 Å². The molecule has 3 nitrogen and oxygen atoms in total. The number of nitrogens with zero attached hydrogens (tertiary/aromatic N) is 2. The standard InChI is InChI=1S/C8H12F3N3/c1-6(2-12)4-14-5-7(3-13-14)8(9,10)11/h3,5-6H,2,4,12H2,1H3. The molecule has 80 valence electrons. The number of alkyl halides is 3. The topological polar surface area (TPSA) is 43.8 Å². The average Bonchev–Trinajstić information content (AvgIpc) is 2.51. The van der Waals surface area contributed by atoms with Crippen molar-refractivity contribution in [2.75, 3.05) is 6.54 Å². The van der Waals surface area contributed by atoms with Crippen LogP contribution in [0.25, 0.3) is 0 Å². The third kappa shape index (κ3) is 2.73. The summed E-state index contributed by atoms with van der Waals surface area (Å²) in [6.07, 6.45) is -2.50. The van der Waals surface area contributed by atoms with Crippen LogP contribution in [0.4, 0.5) is 13.2 Å². The van der Waals surface area contributed by atoms with Gasteiger partial charge in [-0.25, -0.2) is 0 Å². The molecule has 1 aromatic rings. The van der Waals surface area contributed by atoms with Crippen molar-refractivity contribution in [1.82, 2.24) is 9.78 Å². The Bertz CT molecular complexity index is 292. The van der Waals surface area contributed by atoms with E-state index in [-0.39, 0.29) is 5.92 Å². The first-order chi connectivity index (χ1) is 6.43. The van der Waals surface area contributed by atoms with E-state index in [0.717, 1.165) is 12.4 Å². The van der Waals surface area contributed by atoms with Crippen molar-refractivity contribution in [1.29, 1.82) is 0 Å². The molecule has 0 aromatic carbocycles. The van der Waals surface area contributed by atoms with Gasteiger partial charge in [0.15, 0.2) is 0 Å². The van der Waals surface area contributed by atoms with E-state index in [9.17, 15) is 13.2 Å². The zero-order valence-corrected chi connectivity index (χ0v) is 7.75. The number of nitrogens with two attached hydrogens (primary N) is 1. The SMILES string of the molecule is CC(CN)Cn1cc(C(F)(F)F)cn1. The minimum absolute atomic E-state index is 0.121. The van der Waals surface area contributed by atoms with Gasteiger partial charge in [0.05, 0.1) is 11.8 Å². The smallest absolute Gasteiger partial charge is 0.330 e. The number of hydrogen-bond donors (Lipinski definition) is 1. The molecular weight excluding hydrogens is 195 g/mol. The van der Waals surface area contributed by atoms with Crippen molar-refractivity contribution in [3.63, 3.8) is 0 Å². The lowest BCUT2D eigenvalue weighted by molar-refractivity contribution is -0.137. The monoisotopic (exact) mass is 207 g/mol. The Morgan fingerprint density at radius 3 is 2.64 bits per heavy atom. The molecule has 0 amide bonds. The van der Waals surface area contributed by atoms with Crippen LogP contribution in [-0.2, 0) is 12.7 Å². The van der Waals surface area contributed by atoms with Crippen molar-refractivity contribution < 1.29 is 13.2 Å². The molecule has 0 spiro atoms. The summed E-state index contributed by atoms with van der Waals surface area (Å²) in [5.41, 5.74) is 4.63. The van der Waals surface area contributed by atoms with Crippen LogP contribution in [0, 0.1) is 5.92 Å². The fourth-order valence-electron chi connectivity index (χ4n) is 1.00. The fourth-order valence-corrected chi connectivity index (χ4v) is 1.00. The van der Waals surface area contributed by atoms with Crippen molar-refractivity contribution in [3.8, 4) is 0 Å². The molecule has 6 heteroatoms. The number of aromatic nitrogens is 2. The van der Waals surface area contributed by atoms with Gasteiger partial charge in [-0.15, -0.1) is 0 Å². The van der Waals surface area contributed by atoms with Crippen LogP contribution < -0.4 is 5.73 Å². The van der Waals surface area contributed by atoms with E-state index in [1.54, 1.807) is 0 Å². The Balaban J connectivity index is 2.69. The quantitative estimate of drug-likeness (QED) is 0.816. The molecule has 0 aliphatic heterocycles. The maximum absolute atomic E-state index is 12.1. The fraction of sp³-hybridized carbons (Fsp3) is 0.625. The van der Waals surface area contributed by atoms with Crippen LogP contribution in [0.3, 0.4) is 0 Å². The molecular formula is C8H12F3N3. The highest BCUT2D eigenvalue weighted by molar-refractivity contribution is 5.08. The lowest BCUT2D eigenvalue weighted by Crippen LogP contribution is -2.17. The summed E-state index contributed by atoms with van der Waals surface area (Å²) in [6, 6.07) is 0. The van der Waals surface area contributed by atoms with Gasteiger partial charge in [-0.3, -0.25) is 4.68 Å². The van der Waals surface area contributed by atoms with Gasteiger partial charge < -0.3 is 5.73 Å². The summed E-state index contributed by atoms with van der Waals surface area (Å²) in [7, 11) is 0. The van der Waals surface area contributed by atoms with Gasteiger partial charge >= 0.3 is 6.18 Å². The van der Waals surface area contributed by atoms with Crippen LogP contribution in [0.5, 0.6) is 0 Å². The lowest BCUT2D eigenvalue weighted by atomic mass is 10.2. The molecule has 1 heterocycles. The normalized spacial score (nSPS) is 14.4. The zero-order valence-electron chi connectivity index (χ0n) is 7.75. The molecule has 0 saturated heterocycles. The summed E-state index contributed by atoms with van der Waals surface area (Å²) in [4.78, 5) is 0. The minimum atomic E-state index is -4.32. The highest BCUT2D eigenvalue weighted by Gasteiger charge is 2.32. The van der Waals surface area contributed by atoms with E-state index < -0.39 is 11.7 Å². The predicted octanol–water partition coefficient (Wildman–Crippen LogP) is 1.50. The Morgan fingerprint density at radius 1 is 1.57 bits per heavy atom. The predicted molar refractivity (Wildman–Crippen MR) is 45.4 cm³/mol. The number of halogens is 3. The van der Waals surface area contributed by atoms with E-state index in [2.05, 4.69) is 5.10 Å². The van der Waals surface area contributed by atoms with E-state index in [4.69, 9.17) is 5.73 Å². The second-order valence-corrected chi connectivity index (χ2v) is 3.29. The van der Waals surface area contributed by atoms with E-state index in [1.165, 1.54) is 4.68 Å². The van der Waals surface area contributed by atoms with E-state index >= 15 is 0 Å². The molecule has 0 radical (unpaired) electrons. The molecule has 14 heavy (non-hydrogen) atoms. The molecule has 0 aliphatic carbocycles.